The number of carbonyl (C=O) groups is 1. The van der Waals surface area contributed by atoms with Crippen molar-refractivity contribution in [3.63, 3.8) is 0 Å². The van der Waals surface area contributed by atoms with Gasteiger partial charge in [0, 0.05) is 12.4 Å². The van der Waals surface area contributed by atoms with Crippen LogP contribution in [0.1, 0.15) is 13.3 Å². The summed E-state index contributed by atoms with van der Waals surface area (Å²) in [4.78, 5) is 12.2. The predicted octanol–water partition coefficient (Wildman–Crippen LogP) is 1.19. The van der Waals surface area contributed by atoms with Gasteiger partial charge in [-0.15, -0.1) is 0 Å². The van der Waals surface area contributed by atoms with E-state index in [0.717, 1.165) is 6.42 Å². The van der Waals surface area contributed by atoms with E-state index >= 15 is 0 Å². The Bertz CT molecular complexity index is 196. The second-order valence-electron chi connectivity index (χ2n) is 2.47. The highest BCUT2D eigenvalue weighted by molar-refractivity contribution is 5.73. The summed E-state index contributed by atoms with van der Waals surface area (Å²) in [6.45, 7) is 1.66. The summed E-state index contributed by atoms with van der Waals surface area (Å²) in [6, 6.07) is -0.470. The molecule has 1 unspecified atom stereocenters. The van der Waals surface area contributed by atoms with Crippen molar-refractivity contribution in [2.75, 3.05) is 0 Å². The number of rotatable bonds is 2. The molecule has 0 saturated carbocycles. The lowest BCUT2D eigenvalue weighted by Gasteiger charge is -2.21. The summed E-state index contributed by atoms with van der Waals surface area (Å²) < 4.78 is 0. The van der Waals surface area contributed by atoms with Crippen LogP contribution in [0.5, 0.6) is 0 Å². The van der Waals surface area contributed by atoms with Gasteiger partial charge in [-0.1, -0.05) is 12.2 Å². The van der Waals surface area contributed by atoms with Gasteiger partial charge < -0.3 is 10.0 Å². The van der Waals surface area contributed by atoms with Crippen molar-refractivity contribution in [2.24, 2.45) is 0 Å². The van der Waals surface area contributed by atoms with E-state index in [1.807, 2.05) is 12.2 Å². The van der Waals surface area contributed by atoms with Gasteiger partial charge in [-0.2, -0.15) is 0 Å². The molecular weight excluding hydrogens is 142 g/mol. The topological polar surface area (TPSA) is 40.5 Å². The fourth-order valence-corrected chi connectivity index (χ4v) is 0.879. The van der Waals surface area contributed by atoms with Crippen LogP contribution in [0, 0.1) is 0 Å². The Balaban J connectivity index is 2.59. The van der Waals surface area contributed by atoms with Crippen molar-refractivity contribution in [3.8, 4) is 0 Å². The molecule has 0 bridgehead atoms. The van der Waals surface area contributed by atoms with Crippen LogP contribution in [0.25, 0.3) is 0 Å². The van der Waals surface area contributed by atoms with Crippen LogP contribution in [0.3, 0.4) is 0 Å². The van der Waals surface area contributed by atoms with E-state index in [2.05, 4.69) is 0 Å². The Morgan fingerprint density at radius 2 is 2.09 bits per heavy atom. The maximum atomic E-state index is 10.5. The molecule has 1 aliphatic heterocycles. The van der Waals surface area contributed by atoms with Crippen molar-refractivity contribution in [3.05, 3.63) is 24.6 Å². The maximum Gasteiger partial charge on any atom is 0.326 e. The number of hydrogen-bond acceptors (Lipinski definition) is 2. The fraction of sp³-hybridized carbons (Fsp3) is 0.375. The Morgan fingerprint density at radius 1 is 1.55 bits per heavy atom. The first-order valence-corrected chi connectivity index (χ1v) is 3.55. The highest BCUT2D eigenvalue weighted by Gasteiger charge is 2.15. The second kappa shape index (κ2) is 3.23. The molecule has 60 valence electrons. The number of nitrogens with zero attached hydrogens (tertiary/aromatic N) is 1. The summed E-state index contributed by atoms with van der Waals surface area (Å²) in [5, 5.41) is 8.62. The number of carboxylic acid groups (broad SMARTS) is 1. The first kappa shape index (κ1) is 7.85. The average Bonchev–Trinajstić information content (AvgIpc) is 2.05. The molecule has 1 heterocycles. The monoisotopic (exact) mass is 153 g/mol. The van der Waals surface area contributed by atoms with E-state index in [-0.39, 0.29) is 0 Å². The van der Waals surface area contributed by atoms with Crippen LogP contribution < -0.4 is 0 Å². The van der Waals surface area contributed by atoms with Gasteiger partial charge in [0.05, 0.1) is 0 Å². The van der Waals surface area contributed by atoms with Gasteiger partial charge in [-0.05, 0) is 13.3 Å². The lowest BCUT2D eigenvalue weighted by Crippen LogP contribution is -2.31. The van der Waals surface area contributed by atoms with Crippen molar-refractivity contribution >= 4 is 5.97 Å². The van der Waals surface area contributed by atoms with Gasteiger partial charge in [-0.3, -0.25) is 0 Å². The van der Waals surface area contributed by atoms with Gasteiger partial charge in [0.25, 0.3) is 0 Å². The largest absolute Gasteiger partial charge is 0.480 e. The van der Waals surface area contributed by atoms with Crippen LogP contribution in [0.15, 0.2) is 24.6 Å². The molecule has 0 aromatic carbocycles. The van der Waals surface area contributed by atoms with Crippen molar-refractivity contribution < 1.29 is 9.90 Å². The van der Waals surface area contributed by atoms with Crippen LogP contribution >= 0.6 is 0 Å². The molecule has 0 amide bonds. The third kappa shape index (κ3) is 1.83. The highest BCUT2D eigenvalue weighted by atomic mass is 16.4. The lowest BCUT2D eigenvalue weighted by molar-refractivity contribution is -0.140. The number of aliphatic carboxylic acids is 1. The first-order valence-electron chi connectivity index (χ1n) is 3.55. The maximum absolute atomic E-state index is 10.5. The SMILES string of the molecule is CC(C(=O)O)N1C=CCC=C1. The second-order valence-corrected chi connectivity index (χ2v) is 2.47. The van der Waals surface area contributed by atoms with Crippen LogP contribution in [-0.4, -0.2) is 22.0 Å². The standard InChI is InChI=1S/C8H11NO2/c1-7(8(10)11)9-5-3-2-4-6-9/h3-7H,2H2,1H3,(H,10,11). The Kier molecular flexibility index (Phi) is 2.31. The van der Waals surface area contributed by atoms with Crippen molar-refractivity contribution in [1.82, 2.24) is 4.90 Å². The molecule has 1 aliphatic rings. The van der Waals surface area contributed by atoms with E-state index in [4.69, 9.17) is 5.11 Å². The minimum Gasteiger partial charge on any atom is -0.480 e. The zero-order chi connectivity index (χ0) is 8.27. The predicted molar refractivity (Wildman–Crippen MR) is 41.8 cm³/mol. The molecule has 1 atom stereocenters. The molecular formula is C8H11NO2. The normalized spacial score (nSPS) is 18.5. The molecule has 11 heavy (non-hydrogen) atoms. The molecule has 0 aromatic rings. The van der Waals surface area contributed by atoms with E-state index in [0.29, 0.717) is 0 Å². The molecule has 0 fully saturated rings. The molecule has 0 radical (unpaired) electrons. The van der Waals surface area contributed by atoms with Gasteiger partial charge in [0.15, 0.2) is 0 Å². The van der Waals surface area contributed by atoms with Crippen molar-refractivity contribution in [1.29, 1.82) is 0 Å². The Morgan fingerprint density at radius 3 is 2.55 bits per heavy atom. The lowest BCUT2D eigenvalue weighted by atomic mass is 10.2. The molecule has 3 nitrogen and oxygen atoms in total. The minimum atomic E-state index is -0.804. The molecule has 0 aromatic heterocycles. The molecule has 1 rings (SSSR count). The zero-order valence-corrected chi connectivity index (χ0v) is 6.40. The quantitative estimate of drug-likeness (QED) is 0.647. The number of carboxylic acids is 1. The minimum absolute atomic E-state index is 0.470. The molecule has 0 aliphatic carbocycles. The Labute approximate surface area is 65.6 Å². The van der Waals surface area contributed by atoms with Crippen LogP contribution in [0.2, 0.25) is 0 Å². The van der Waals surface area contributed by atoms with E-state index in [1.54, 1.807) is 24.2 Å². The third-order valence-electron chi connectivity index (χ3n) is 1.63. The van der Waals surface area contributed by atoms with E-state index in [9.17, 15) is 4.79 Å². The van der Waals surface area contributed by atoms with Crippen molar-refractivity contribution in [2.45, 2.75) is 19.4 Å². The molecule has 0 spiro atoms. The summed E-state index contributed by atoms with van der Waals surface area (Å²) in [5.41, 5.74) is 0. The first-order chi connectivity index (χ1) is 5.22. The van der Waals surface area contributed by atoms with E-state index in [1.165, 1.54) is 0 Å². The third-order valence-corrected chi connectivity index (χ3v) is 1.63. The summed E-state index contributed by atoms with van der Waals surface area (Å²) in [7, 11) is 0. The summed E-state index contributed by atoms with van der Waals surface area (Å²) >= 11 is 0. The summed E-state index contributed by atoms with van der Waals surface area (Å²) in [6.07, 6.45) is 8.33. The van der Waals surface area contributed by atoms with Gasteiger partial charge in [-0.25, -0.2) is 4.79 Å². The molecule has 1 N–H and O–H groups in total. The fourth-order valence-electron chi connectivity index (χ4n) is 0.879. The molecule has 0 saturated heterocycles. The molecule has 3 heteroatoms. The Hall–Kier alpha value is -1.25. The number of hydrogen-bond donors (Lipinski definition) is 1. The van der Waals surface area contributed by atoms with Gasteiger partial charge >= 0.3 is 5.97 Å². The highest BCUT2D eigenvalue weighted by Crippen LogP contribution is 2.07. The van der Waals surface area contributed by atoms with Gasteiger partial charge in [0.1, 0.15) is 6.04 Å². The summed E-state index contributed by atoms with van der Waals surface area (Å²) in [5.74, 6) is -0.804. The smallest absolute Gasteiger partial charge is 0.326 e. The zero-order valence-electron chi connectivity index (χ0n) is 6.40. The van der Waals surface area contributed by atoms with Crippen LogP contribution in [0.4, 0.5) is 0 Å². The van der Waals surface area contributed by atoms with E-state index < -0.39 is 12.0 Å². The average molecular weight is 153 g/mol. The van der Waals surface area contributed by atoms with Crippen LogP contribution in [-0.2, 0) is 4.79 Å². The van der Waals surface area contributed by atoms with Gasteiger partial charge in [0.2, 0.25) is 0 Å². The number of allylic oxidation sites excluding steroid dienone is 2.